The number of para-hydroxylation sites is 1. The second-order valence-corrected chi connectivity index (χ2v) is 9.90. The summed E-state index contributed by atoms with van der Waals surface area (Å²) >= 11 is 13.2. The predicted molar refractivity (Wildman–Crippen MR) is 146 cm³/mol. The molecule has 1 N–H and O–H groups in total. The maximum Gasteiger partial charge on any atom is 0.273 e. The minimum atomic E-state index is -0.625. The Morgan fingerprint density at radius 2 is 1.82 bits per heavy atom. The van der Waals surface area contributed by atoms with Gasteiger partial charge in [0.05, 0.1) is 23.0 Å². The number of nitriles is 1. The van der Waals surface area contributed by atoms with Gasteiger partial charge in [-0.2, -0.15) is 5.26 Å². The van der Waals surface area contributed by atoms with E-state index in [0.717, 1.165) is 11.3 Å². The molecule has 5 aromatic rings. The van der Waals surface area contributed by atoms with Gasteiger partial charge in [-0.05, 0) is 54.6 Å². The number of hydrogen-bond acceptors (Lipinski definition) is 6. The molecule has 0 aliphatic rings. The number of carbonyl (C=O) groups is 1. The molecular formula is C28H17Cl2N3O4S. The summed E-state index contributed by atoms with van der Waals surface area (Å²) in [4.78, 5) is 26.5. The van der Waals surface area contributed by atoms with Crippen LogP contribution in [-0.4, -0.2) is 10.5 Å². The van der Waals surface area contributed by atoms with Gasteiger partial charge in [0.15, 0.2) is 5.57 Å². The first-order valence-electron chi connectivity index (χ1n) is 11.2. The van der Waals surface area contributed by atoms with Crippen molar-refractivity contribution in [3.05, 3.63) is 120 Å². The maximum absolute atomic E-state index is 13.5. The molecule has 0 unspecified atom stereocenters. The van der Waals surface area contributed by atoms with E-state index in [1.807, 2.05) is 12.1 Å². The molecule has 0 spiro atoms. The first kappa shape index (κ1) is 25.4. The number of thiazole rings is 1. The van der Waals surface area contributed by atoms with E-state index in [4.69, 9.17) is 32.0 Å². The zero-order valence-electron chi connectivity index (χ0n) is 19.5. The fourth-order valence-electron chi connectivity index (χ4n) is 3.74. The van der Waals surface area contributed by atoms with Gasteiger partial charge in [0.1, 0.15) is 28.0 Å². The average Bonchev–Trinajstić information content (AvgIpc) is 3.65. The van der Waals surface area contributed by atoms with Crippen LogP contribution < -0.4 is 20.1 Å². The molecule has 0 fully saturated rings. The summed E-state index contributed by atoms with van der Waals surface area (Å²) in [5.74, 6) is 0.829. The third-order valence-corrected chi connectivity index (χ3v) is 6.97. The fourth-order valence-corrected chi connectivity index (χ4v) is 5.35. The van der Waals surface area contributed by atoms with Gasteiger partial charge in [0, 0.05) is 21.7 Å². The lowest BCUT2D eigenvalue weighted by Gasteiger charge is -2.04. The minimum Gasteiger partial charge on any atom is -0.467 e. The number of halogens is 2. The molecule has 5 rings (SSSR count). The van der Waals surface area contributed by atoms with Gasteiger partial charge in [-0.1, -0.05) is 41.4 Å². The van der Waals surface area contributed by atoms with E-state index >= 15 is 0 Å². The summed E-state index contributed by atoms with van der Waals surface area (Å²) < 4.78 is 13.0. The maximum atomic E-state index is 13.5. The van der Waals surface area contributed by atoms with Gasteiger partial charge in [-0.3, -0.25) is 14.2 Å². The number of nitrogens with one attached hydrogen (secondary N) is 1. The van der Waals surface area contributed by atoms with Crippen LogP contribution in [0.15, 0.2) is 92.7 Å². The van der Waals surface area contributed by atoms with Gasteiger partial charge in [-0.25, -0.2) is 0 Å². The molecule has 0 saturated carbocycles. The highest BCUT2D eigenvalue weighted by molar-refractivity contribution is 7.07. The largest absolute Gasteiger partial charge is 0.467 e. The van der Waals surface area contributed by atoms with Crippen LogP contribution in [0, 0.1) is 11.3 Å². The van der Waals surface area contributed by atoms with Gasteiger partial charge in [-0.15, -0.1) is 11.3 Å². The van der Waals surface area contributed by atoms with Crippen LogP contribution in [0.1, 0.15) is 11.5 Å². The Morgan fingerprint density at radius 1 is 1.05 bits per heavy atom. The highest BCUT2D eigenvalue weighted by Gasteiger charge is 2.17. The summed E-state index contributed by atoms with van der Waals surface area (Å²) in [6.45, 7) is 0.0969. The monoisotopic (exact) mass is 561 g/mol. The zero-order valence-corrected chi connectivity index (χ0v) is 21.8. The van der Waals surface area contributed by atoms with E-state index in [0.29, 0.717) is 38.6 Å². The van der Waals surface area contributed by atoms with Crippen molar-refractivity contribution >= 4 is 52.1 Å². The molecule has 7 nitrogen and oxygen atoms in total. The van der Waals surface area contributed by atoms with E-state index < -0.39 is 11.5 Å². The quantitative estimate of drug-likeness (QED) is 0.318. The molecule has 0 radical (unpaired) electrons. The summed E-state index contributed by atoms with van der Waals surface area (Å²) in [7, 11) is 0. The molecule has 3 aromatic heterocycles. The molecule has 3 heterocycles. The number of hydrogen-bond donors (Lipinski definition) is 1. The first-order chi connectivity index (χ1) is 18.4. The molecule has 38 heavy (non-hydrogen) atoms. The van der Waals surface area contributed by atoms with Crippen molar-refractivity contribution in [3.63, 3.8) is 0 Å². The topological polar surface area (TPSA) is 101 Å². The molecule has 0 aliphatic carbocycles. The van der Waals surface area contributed by atoms with Gasteiger partial charge < -0.3 is 14.2 Å². The predicted octanol–water partition coefficient (Wildman–Crippen LogP) is 4.88. The molecular weight excluding hydrogens is 545 g/mol. The highest BCUT2D eigenvalue weighted by atomic mass is 35.5. The smallest absolute Gasteiger partial charge is 0.273 e. The second-order valence-electron chi connectivity index (χ2n) is 8.00. The van der Waals surface area contributed by atoms with Crippen molar-refractivity contribution in [2.75, 3.05) is 0 Å². The third-order valence-electron chi connectivity index (χ3n) is 5.44. The minimum absolute atomic E-state index is 0.0969. The molecule has 0 aliphatic heterocycles. The first-order valence-corrected chi connectivity index (χ1v) is 12.8. The van der Waals surface area contributed by atoms with Crippen LogP contribution >= 0.6 is 34.5 Å². The molecule has 188 valence electrons. The van der Waals surface area contributed by atoms with E-state index in [1.165, 1.54) is 10.8 Å². The Labute approximate surface area is 230 Å². The van der Waals surface area contributed by atoms with E-state index in [9.17, 15) is 14.9 Å². The summed E-state index contributed by atoms with van der Waals surface area (Å²) in [5.41, 5.74) is 0.607. The standard InChI is InChI=1S/C28H17Cl2N3O4S/c29-18-11-17(12-19(30)13-18)24-9-8-21(37-24)14-25-27(35)33(20-5-2-1-3-6-20)28(38-25)23(15-31)26(34)32-16-22-7-4-10-36-22/h1-14H,16H2,(H,32,34)/b25-14-,28-23-. The van der Waals surface area contributed by atoms with Crippen LogP contribution in [0.25, 0.3) is 28.7 Å². The fraction of sp³-hybridized carbons (Fsp3) is 0.0357. The summed E-state index contributed by atoms with van der Waals surface area (Å²) in [5, 5.41) is 13.5. The van der Waals surface area contributed by atoms with Crippen molar-refractivity contribution in [1.82, 2.24) is 9.88 Å². The number of furan rings is 2. The Morgan fingerprint density at radius 3 is 2.50 bits per heavy atom. The normalized spacial score (nSPS) is 12.3. The van der Waals surface area contributed by atoms with Crippen LogP contribution in [0.4, 0.5) is 0 Å². The van der Waals surface area contributed by atoms with E-state index in [-0.39, 0.29) is 21.3 Å². The Bertz CT molecular complexity index is 1830. The Kier molecular flexibility index (Phi) is 7.33. The number of aromatic nitrogens is 1. The number of rotatable bonds is 6. The third kappa shape index (κ3) is 5.36. The van der Waals surface area contributed by atoms with Gasteiger partial charge >= 0.3 is 0 Å². The number of carbonyl (C=O) groups excluding carboxylic acids is 1. The van der Waals surface area contributed by atoms with Crippen LogP contribution in [0.3, 0.4) is 0 Å². The van der Waals surface area contributed by atoms with Crippen LogP contribution in [-0.2, 0) is 11.3 Å². The molecule has 0 atom stereocenters. The Hall–Kier alpha value is -4.29. The number of amides is 1. The van der Waals surface area contributed by atoms with Crippen molar-refractivity contribution in [2.45, 2.75) is 6.54 Å². The van der Waals surface area contributed by atoms with Crippen molar-refractivity contribution in [1.29, 1.82) is 5.26 Å². The van der Waals surface area contributed by atoms with Gasteiger partial charge in [0.25, 0.3) is 11.5 Å². The molecule has 1 amide bonds. The summed E-state index contributed by atoms with van der Waals surface area (Å²) in [6.07, 6.45) is 3.06. The molecule has 10 heteroatoms. The lowest BCUT2D eigenvalue weighted by Crippen LogP contribution is -2.33. The van der Waals surface area contributed by atoms with Crippen molar-refractivity contribution < 1.29 is 13.6 Å². The van der Waals surface area contributed by atoms with Crippen LogP contribution in [0.2, 0.25) is 10.0 Å². The average molecular weight is 562 g/mol. The number of nitrogens with zero attached hydrogens (tertiary/aromatic N) is 2. The summed E-state index contributed by atoms with van der Waals surface area (Å²) in [6, 6.07) is 22.7. The molecule has 0 bridgehead atoms. The van der Waals surface area contributed by atoms with Crippen molar-refractivity contribution in [3.8, 4) is 23.1 Å². The van der Waals surface area contributed by atoms with Crippen LogP contribution in [0.5, 0.6) is 0 Å². The lowest BCUT2D eigenvalue weighted by atomic mass is 10.2. The van der Waals surface area contributed by atoms with Gasteiger partial charge in [0.2, 0.25) is 0 Å². The Balaban J connectivity index is 1.62. The highest BCUT2D eigenvalue weighted by Crippen LogP contribution is 2.28. The number of benzene rings is 2. The van der Waals surface area contributed by atoms with E-state index in [1.54, 1.807) is 72.8 Å². The lowest BCUT2D eigenvalue weighted by molar-refractivity contribution is -0.115. The SMILES string of the molecule is N#C/C(C(=O)NCc1ccco1)=c1/s/c(=C\c2ccc(-c3cc(Cl)cc(Cl)c3)o2)c(=O)n1-c1ccccc1. The molecule has 0 saturated heterocycles. The molecule has 2 aromatic carbocycles. The second kappa shape index (κ2) is 11.0. The zero-order chi connectivity index (χ0) is 26.6. The van der Waals surface area contributed by atoms with Crippen molar-refractivity contribution in [2.24, 2.45) is 0 Å². The van der Waals surface area contributed by atoms with E-state index in [2.05, 4.69) is 5.32 Å².